The lowest BCUT2D eigenvalue weighted by atomic mass is 10.0. The topological polar surface area (TPSA) is 58.6 Å². The molecular weight excluding hydrogens is 242 g/mol. The first kappa shape index (κ1) is 13.8. The van der Waals surface area contributed by atoms with Crippen molar-refractivity contribution in [1.82, 2.24) is 5.32 Å². The van der Waals surface area contributed by atoms with Gasteiger partial charge in [-0.2, -0.15) is 0 Å². The van der Waals surface area contributed by atoms with Crippen molar-refractivity contribution in [2.75, 3.05) is 13.7 Å². The van der Waals surface area contributed by atoms with Crippen LogP contribution in [0.2, 0.25) is 5.02 Å². The van der Waals surface area contributed by atoms with Crippen molar-refractivity contribution < 1.29 is 14.6 Å². The quantitative estimate of drug-likeness (QED) is 0.865. The number of rotatable bonds is 4. The van der Waals surface area contributed by atoms with E-state index in [1.165, 1.54) is 6.92 Å². The van der Waals surface area contributed by atoms with Crippen molar-refractivity contribution in [1.29, 1.82) is 0 Å². The van der Waals surface area contributed by atoms with Crippen LogP contribution >= 0.6 is 11.6 Å². The highest BCUT2D eigenvalue weighted by molar-refractivity contribution is 6.30. The first-order valence-corrected chi connectivity index (χ1v) is 5.59. The highest BCUT2D eigenvalue weighted by atomic mass is 35.5. The predicted molar refractivity (Wildman–Crippen MR) is 66.4 cm³/mol. The highest BCUT2D eigenvalue weighted by Crippen LogP contribution is 2.31. The van der Waals surface area contributed by atoms with Crippen LogP contribution in [0, 0.1) is 6.92 Å². The SMILES string of the molecule is COc1c(C)cc(Cl)cc1C(CO)NC(C)=O. The largest absolute Gasteiger partial charge is 0.496 e. The molecule has 0 aliphatic rings. The van der Waals surface area contributed by atoms with Crippen molar-refractivity contribution in [3.05, 3.63) is 28.3 Å². The van der Waals surface area contributed by atoms with Crippen molar-refractivity contribution in [2.45, 2.75) is 19.9 Å². The Kier molecular flexibility index (Phi) is 4.78. The molecule has 94 valence electrons. The Morgan fingerprint density at radius 2 is 2.24 bits per heavy atom. The molecular formula is C12H16ClNO3. The Morgan fingerprint density at radius 3 is 2.71 bits per heavy atom. The average Bonchev–Trinajstić information content (AvgIpc) is 2.24. The summed E-state index contributed by atoms with van der Waals surface area (Å²) < 4.78 is 5.27. The van der Waals surface area contributed by atoms with Crippen molar-refractivity contribution in [3.8, 4) is 5.75 Å². The number of ether oxygens (including phenoxy) is 1. The molecule has 1 aromatic carbocycles. The number of carbonyl (C=O) groups excluding carboxylic acids is 1. The van der Waals surface area contributed by atoms with E-state index in [1.807, 2.05) is 6.92 Å². The van der Waals surface area contributed by atoms with E-state index in [0.717, 1.165) is 5.56 Å². The Balaban J connectivity index is 3.21. The Labute approximate surface area is 106 Å². The molecule has 1 amide bonds. The highest BCUT2D eigenvalue weighted by Gasteiger charge is 2.18. The molecule has 1 atom stereocenters. The third-order valence-electron chi connectivity index (χ3n) is 2.41. The molecule has 4 nitrogen and oxygen atoms in total. The fourth-order valence-corrected chi connectivity index (χ4v) is 2.04. The van der Waals surface area contributed by atoms with Gasteiger partial charge in [0.25, 0.3) is 0 Å². The lowest BCUT2D eigenvalue weighted by Crippen LogP contribution is -2.29. The molecule has 0 saturated heterocycles. The molecule has 1 rings (SSSR count). The minimum absolute atomic E-state index is 0.213. The maximum Gasteiger partial charge on any atom is 0.217 e. The zero-order valence-corrected chi connectivity index (χ0v) is 10.8. The number of aliphatic hydroxyl groups is 1. The van der Waals surface area contributed by atoms with Gasteiger partial charge in [0.1, 0.15) is 5.75 Å². The van der Waals surface area contributed by atoms with Crippen LogP contribution in [0.4, 0.5) is 0 Å². The molecule has 0 aromatic heterocycles. The summed E-state index contributed by atoms with van der Waals surface area (Å²) in [6.07, 6.45) is 0. The van der Waals surface area contributed by atoms with E-state index in [4.69, 9.17) is 16.3 Å². The van der Waals surface area contributed by atoms with Crippen LogP contribution in [0.5, 0.6) is 5.75 Å². The summed E-state index contributed by atoms with van der Waals surface area (Å²) in [6, 6.07) is 2.94. The van der Waals surface area contributed by atoms with Crippen molar-refractivity contribution in [3.63, 3.8) is 0 Å². The van der Waals surface area contributed by atoms with Gasteiger partial charge in [0.15, 0.2) is 0 Å². The van der Waals surface area contributed by atoms with E-state index in [-0.39, 0.29) is 12.5 Å². The van der Waals surface area contributed by atoms with Crippen LogP contribution < -0.4 is 10.1 Å². The molecule has 17 heavy (non-hydrogen) atoms. The lowest BCUT2D eigenvalue weighted by Gasteiger charge is -2.20. The molecule has 0 radical (unpaired) electrons. The standard InChI is InChI=1S/C12H16ClNO3/c1-7-4-9(13)5-10(12(7)17-3)11(6-15)14-8(2)16/h4-5,11,15H,6H2,1-3H3,(H,14,16). The van der Waals surface area contributed by atoms with Crippen LogP contribution in [-0.4, -0.2) is 24.7 Å². The molecule has 0 saturated carbocycles. The number of carbonyl (C=O) groups is 1. The molecule has 1 aromatic rings. The van der Waals surface area contributed by atoms with Gasteiger partial charge in [0.05, 0.1) is 19.8 Å². The Bertz CT molecular complexity index is 420. The Hall–Kier alpha value is -1.26. The maximum atomic E-state index is 11.1. The number of hydrogen-bond acceptors (Lipinski definition) is 3. The van der Waals surface area contributed by atoms with E-state index in [9.17, 15) is 9.90 Å². The first-order valence-electron chi connectivity index (χ1n) is 5.21. The molecule has 1 unspecified atom stereocenters. The minimum Gasteiger partial charge on any atom is -0.496 e. The fraction of sp³-hybridized carbons (Fsp3) is 0.417. The second kappa shape index (κ2) is 5.89. The zero-order chi connectivity index (χ0) is 13.0. The monoisotopic (exact) mass is 257 g/mol. The maximum absolute atomic E-state index is 11.1. The van der Waals surface area contributed by atoms with E-state index in [1.54, 1.807) is 19.2 Å². The van der Waals surface area contributed by atoms with Gasteiger partial charge in [0, 0.05) is 17.5 Å². The number of benzene rings is 1. The van der Waals surface area contributed by atoms with Gasteiger partial charge >= 0.3 is 0 Å². The van der Waals surface area contributed by atoms with Gasteiger partial charge < -0.3 is 15.2 Å². The van der Waals surface area contributed by atoms with Crippen LogP contribution in [0.15, 0.2) is 12.1 Å². The molecule has 0 fully saturated rings. The first-order chi connectivity index (χ1) is 7.99. The van der Waals surface area contributed by atoms with Crippen LogP contribution in [0.3, 0.4) is 0 Å². The predicted octanol–water partition coefficient (Wildman–Crippen LogP) is 1.83. The van der Waals surface area contributed by atoms with Gasteiger partial charge in [-0.25, -0.2) is 0 Å². The number of amides is 1. The molecule has 0 heterocycles. The molecule has 5 heteroatoms. The number of halogens is 1. The molecule has 2 N–H and O–H groups in total. The summed E-state index contributed by atoms with van der Waals surface area (Å²) in [7, 11) is 1.54. The summed E-state index contributed by atoms with van der Waals surface area (Å²) in [6.45, 7) is 3.04. The summed E-state index contributed by atoms with van der Waals surface area (Å²) >= 11 is 5.97. The number of nitrogens with one attached hydrogen (secondary N) is 1. The van der Waals surface area contributed by atoms with E-state index >= 15 is 0 Å². The second-order valence-electron chi connectivity index (χ2n) is 3.78. The van der Waals surface area contributed by atoms with E-state index < -0.39 is 6.04 Å². The van der Waals surface area contributed by atoms with E-state index in [0.29, 0.717) is 16.3 Å². The average molecular weight is 258 g/mol. The number of hydrogen-bond donors (Lipinski definition) is 2. The number of aliphatic hydroxyl groups excluding tert-OH is 1. The lowest BCUT2D eigenvalue weighted by molar-refractivity contribution is -0.120. The van der Waals surface area contributed by atoms with Crippen molar-refractivity contribution >= 4 is 17.5 Å². The van der Waals surface area contributed by atoms with Crippen LogP contribution in [-0.2, 0) is 4.79 Å². The van der Waals surface area contributed by atoms with Gasteiger partial charge in [-0.1, -0.05) is 11.6 Å². The molecule has 0 aliphatic carbocycles. The normalized spacial score (nSPS) is 12.1. The summed E-state index contributed by atoms with van der Waals surface area (Å²) in [5.74, 6) is 0.408. The third kappa shape index (κ3) is 3.35. The molecule has 0 bridgehead atoms. The summed E-state index contributed by atoms with van der Waals surface area (Å²) in [5.41, 5.74) is 1.54. The second-order valence-corrected chi connectivity index (χ2v) is 4.22. The zero-order valence-electron chi connectivity index (χ0n) is 10.1. The van der Waals surface area contributed by atoms with Crippen molar-refractivity contribution in [2.24, 2.45) is 0 Å². The molecule has 0 aliphatic heterocycles. The molecule has 0 spiro atoms. The summed E-state index contributed by atoms with van der Waals surface area (Å²) in [5, 5.41) is 12.5. The number of aryl methyl sites for hydroxylation is 1. The van der Waals surface area contributed by atoms with Crippen LogP contribution in [0.1, 0.15) is 24.1 Å². The number of methoxy groups -OCH3 is 1. The fourth-order valence-electron chi connectivity index (χ4n) is 1.76. The van der Waals surface area contributed by atoms with Crippen LogP contribution in [0.25, 0.3) is 0 Å². The summed E-state index contributed by atoms with van der Waals surface area (Å²) in [4.78, 5) is 11.1. The minimum atomic E-state index is -0.514. The third-order valence-corrected chi connectivity index (χ3v) is 2.63. The van der Waals surface area contributed by atoms with E-state index in [2.05, 4.69) is 5.32 Å². The smallest absolute Gasteiger partial charge is 0.217 e. The van der Waals surface area contributed by atoms with Gasteiger partial charge in [-0.05, 0) is 24.6 Å². The van der Waals surface area contributed by atoms with Gasteiger partial charge in [-0.15, -0.1) is 0 Å². The van der Waals surface area contributed by atoms with Gasteiger partial charge in [-0.3, -0.25) is 4.79 Å². The Morgan fingerprint density at radius 1 is 1.59 bits per heavy atom. The van der Waals surface area contributed by atoms with Gasteiger partial charge in [0.2, 0.25) is 5.91 Å².